The molecular formula is C15H19NOS. The Hall–Kier alpha value is -0.960. The molecule has 3 heteroatoms. The Morgan fingerprint density at radius 3 is 2.56 bits per heavy atom. The fourth-order valence-corrected chi connectivity index (χ4v) is 3.25. The third kappa shape index (κ3) is 1.60. The van der Waals surface area contributed by atoms with Gasteiger partial charge in [0, 0.05) is 12.2 Å². The molecule has 0 spiro atoms. The number of fused-ring (bicyclic) bond motifs is 1. The molecule has 0 saturated heterocycles. The molecule has 18 heavy (non-hydrogen) atoms. The summed E-state index contributed by atoms with van der Waals surface area (Å²) in [4.78, 5) is 14.6. The zero-order valence-corrected chi connectivity index (χ0v) is 11.8. The molecule has 0 aromatic heterocycles. The van der Waals surface area contributed by atoms with Gasteiger partial charge in [-0.1, -0.05) is 18.2 Å². The van der Waals surface area contributed by atoms with Crippen LogP contribution >= 0.6 is 12.6 Å². The van der Waals surface area contributed by atoms with Crippen molar-refractivity contribution in [2.45, 2.75) is 32.1 Å². The van der Waals surface area contributed by atoms with E-state index in [1.807, 2.05) is 30.9 Å². The van der Waals surface area contributed by atoms with Crippen LogP contribution in [0.4, 0.5) is 5.69 Å². The molecule has 0 atom stereocenters. The van der Waals surface area contributed by atoms with Gasteiger partial charge in [-0.2, -0.15) is 12.6 Å². The predicted octanol–water partition coefficient (Wildman–Crippen LogP) is 3.02. The summed E-state index contributed by atoms with van der Waals surface area (Å²) in [6.07, 6.45) is 2.39. The van der Waals surface area contributed by atoms with E-state index in [4.69, 9.17) is 0 Å². The predicted molar refractivity (Wildman–Crippen MR) is 77.3 cm³/mol. The van der Waals surface area contributed by atoms with Crippen LogP contribution in [0.5, 0.6) is 0 Å². The molecule has 96 valence electrons. The van der Waals surface area contributed by atoms with E-state index in [9.17, 15) is 4.79 Å². The Balaban J connectivity index is 1.99. The van der Waals surface area contributed by atoms with Crippen LogP contribution in [0.25, 0.3) is 0 Å². The standard InChI is InChI=1S/C15H19NOS/c1-14(2)11-5-3-4-6-12(11)16(13(14)17)9-15(10-18)7-8-15/h3-6,18H,7-10H2,1-2H3. The van der Waals surface area contributed by atoms with Crippen LogP contribution in [0.1, 0.15) is 32.3 Å². The molecule has 1 aromatic rings. The monoisotopic (exact) mass is 261 g/mol. The summed E-state index contributed by atoms with van der Waals surface area (Å²) in [6.45, 7) is 4.87. The van der Waals surface area contributed by atoms with Gasteiger partial charge in [0.2, 0.25) is 5.91 Å². The third-order valence-electron chi connectivity index (χ3n) is 4.43. The van der Waals surface area contributed by atoms with E-state index >= 15 is 0 Å². The van der Waals surface area contributed by atoms with Crippen molar-refractivity contribution in [3.63, 3.8) is 0 Å². The number of thiol groups is 1. The minimum absolute atomic E-state index is 0.233. The Labute approximate surface area is 114 Å². The second-order valence-corrected chi connectivity index (χ2v) is 6.51. The van der Waals surface area contributed by atoms with E-state index in [1.54, 1.807) is 0 Å². The van der Waals surface area contributed by atoms with Crippen molar-refractivity contribution in [1.29, 1.82) is 0 Å². The molecule has 0 N–H and O–H groups in total. The van der Waals surface area contributed by atoms with Crippen LogP contribution in [0.3, 0.4) is 0 Å². The number of rotatable bonds is 3. The summed E-state index contributed by atoms with van der Waals surface area (Å²) < 4.78 is 0. The van der Waals surface area contributed by atoms with Crippen LogP contribution < -0.4 is 4.90 Å². The quantitative estimate of drug-likeness (QED) is 0.829. The van der Waals surface area contributed by atoms with Gasteiger partial charge in [-0.05, 0) is 49.5 Å². The highest BCUT2D eigenvalue weighted by Gasteiger charge is 2.49. The summed E-state index contributed by atoms with van der Waals surface area (Å²) in [7, 11) is 0. The van der Waals surface area contributed by atoms with Gasteiger partial charge in [-0.15, -0.1) is 0 Å². The van der Waals surface area contributed by atoms with Gasteiger partial charge in [0.1, 0.15) is 0 Å². The van der Waals surface area contributed by atoms with Gasteiger partial charge in [0.15, 0.2) is 0 Å². The molecule has 1 saturated carbocycles. The first kappa shape index (κ1) is 12.1. The molecule has 2 nitrogen and oxygen atoms in total. The number of benzene rings is 1. The number of carbonyl (C=O) groups excluding carboxylic acids is 1. The summed E-state index contributed by atoms with van der Waals surface area (Å²) in [5, 5.41) is 0. The molecule has 1 aliphatic carbocycles. The van der Waals surface area contributed by atoms with Crippen molar-refractivity contribution in [1.82, 2.24) is 0 Å². The molecular weight excluding hydrogens is 242 g/mol. The van der Waals surface area contributed by atoms with Crippen LogP contribution in [-0.2, 0) is 10.2 Å². The Kier molecular flexibility index (Phi) is 2.53. The van der Waals surface area contributed by atoms with Crippen LogP contribution in [-0.4, -0.2) is 18.2 Å². The molecule has 0 radical (unpaired) electrons. The Morgan fingerprint density at radius 2 is 1.94 bits per heavy atom. The SMILES string of the molecule is CC1(C)C(=O)N(CC2(CS)CC2)c2ccccc21. The van der Waals surface area contributed by atoms with Gasteiger partial charge >= 0.3 is 0 Å². The lowest BCUT2D eigenvalue weighted by molar-refractivity contribution is -0.122. The Bertz CT molecular complexity index is 505. The van der Waals surface area contributed by atoms with Crippen LogP contribution in [0.2, 0.25) is 0 Å². The fraction of sp³-hybridized carbons (Fsp3) is 0.533. The number of nitrogens with zero attached hydrogens (tertiary/aromatic N) is 1. The highest BCUT2D eigenvalue weighted by Crippen LogP contribution is 2.50. The van der Waals surface area contributed by atoms with E-state index in [-0.39, 0.29) is 16.7 Å². The van der Waals surface area contributed by atoms with E-state index in [0.29, 0.717) is 0 Å². The van der Waals surface area contributed by atoms with Gasteiger partial charge in [-0.25, -0.2) is 0 Å². The minimum Gasteiger partial charge on any atom is -0.311 e. The lowest BCUT2D eigenvalue weighted by Crippen LogP contribution is -2.40. The third-order valence-corrected chi connectivity index (χ3v) is 5.10. The van der Waals surface area contributed by atoms with Gasteiger partial charge in [0.25, 0.3) is 0 Å². The largest absolute Gasteiger partial charge is 0.311 e. The van der Waals surface area contributed by atoms with Crippen LogP contribution in [0.15, 0.2) is 24.3 Å². The van der Waals surface area contributed by atoms with Crippen molar-refractivity contribution in [3.8, 4) is 0 Å². The maximum atomic E-state index is 12.6. The average molecular weight is 261 g/mol. The highest BCUT2D eigenvalue weighted by molar-refractivity contribution is 7.80. The van der Waals surface area contributed by atoms with E-state index in [0.717, 1.165) is 23.5 Å². The second kappa shape index (κ2) is 3.77. The lowest BCUT2D eigenvalue weighted by Gasteiger charge is -2.24. The summed E-state index contributed by atoms with van der Waals surface area (Å²) in [5.41, 5.74) is 2.14. The van der Waals surface area contributed by atoms with Crippen LogP contribution in [0, 0.1) is 5.41 Å². The molecule has 2 aliphatic rings. The molecule has 1 fully saturated rings. The molecule has 1 heterocycles. The molecule has 1 aromatic carbocycles. The summed E-state index contributed by atoms with van der Waals surface area (Å²) in [5.74, 6) is 1.11. The lowest BCUT2D eigenvalue weighted by atomic mass is 9.86. The van der Waals surface area contributed by atoms with Crippen molar-refractivity contribution >= 4 is 24.2 Å². The normalized spacial score (nSPS) is 23.1. The number of hydrogen-bond donors (Lipinski definition) is 1. The van der Waals surface area contributed by atoms with Crippen molar-refractivity contribution in [2.24, 2.45) is 5.41 Å². The van der Waals surface area contributed by atoms with Crippen molar-refractivity contribution < 1.29 is 4.79 Å². The smallest absolute Gasteiger partial charge is 0.237 e. The number of carbonyl (C=O) groups is 1. The zero-order chi connectivity index (χ0) is 13.0. The van der Waals surface area contributed by atoms with E-state index in [2.05, 4.69) is 24.8 Å². The van der Waals surface area contributed by atoms with E-state index < -0.39 is 0 Å². The summed E-state index contributed by atoms with van der Waals surface area (Å²) in [6, 6.07) is 8.17. The topological polar surface area (TPSA) is 20.3 Å². The average Bonchev–Trinajstić information content (AvgIpc) is 3.12. The molecule has 0 unspecified atom stereocenters. The van der Waals surface area contributed by atoms with Gasteiger partial charge in [-0.3, -0.25) is 4.79 Å². The maximum Gasteiger partial charge on any atom is 0.237 e. The van der Waals surface area contributed by atoms with E-state index in [1.165, 1.54) is 12.8 Å². The Morgan fingerprint density at radius 1 is 1.28 bits per heavy atom. The minimum atomic E-state index is -0.386. The fourth-order valence-electron chi connectivity index (χ4n) is 2.83. The van der Waals surface area contributed by atoms with Gasteiger partial charge < -0.3 is 4.90 Å². The number of amides is 1. The number of anilines is 1. The van der Waals surface area contributed by atoms with Crippen molar-refractivity contribution in [3.05, 3.63) is 29.8 Å². The molecule has 3 rings (SSSR count). The molecule has 1 amide bonds. The second-order valence-electron chi connectivity index (χ2n) is 6.19. The van der Waals surface area contributed by atoms with Crippen molar-refractivity contribution in [2.75, 3.05) is 17.2 Å². The molecule has 0 bridgehead atoms. The zero-order valence-electron chi connectivity index (χ0n) is 10.9. The first-order valence-electron chi connectivity index (χ1n) is 6.53. The number of hydrogen-bond acceptors (Lipinski definition) is 2. The van der Waals surface area contributed by atoms with Gasteiger partial charge in [0.05, 0.1) is 5.41 Å². The first-order chi connectivity index (χ1) is 8.50. The highest BCUT2D eigenvalue weighted by atomic mass is 32.1. The molecule has 1 aliphatic heterocycles. The summed E-state index contributed by atoms with van der Waals surface area (Å²) >= 11 is 4.44. The first-order valence-corrected chi connectivity index (χ1v) is 7.16. The number of para-hydroxylation sites is 1. The maximum absolute atomic E-state index is 12.6.